The Hall–Kier alpha value is -2.58. The fourth-order valence-electron chi connectivity index (χ4n) is 2.12. The van der Waals surface area contributed by atoms with E-state index in [0.717, 1.165) is 0 Å². The fourth-order valence-corrected chi connectivity index (χ4v) is 3.57. The summed E-state index contributed by atoms with van der Waals surface area (Å²) in [7, 11) is -1.64. The van der Waals surface area contributed by atoms with E-state index in [4.69, 9.17) is 0 Å². The van der Waals surface area contributed by atoms with Gasteiger partial charge in [0, 0.05) is 22.9 Å². The number of hydrogen-bond acceptors (Lipinski definition) is 5. The molecule has 20 heavy (non-hydrogen) atoms. The van der Waals surface area contributed by atoms with Gasteiger partial charge in [-0.15, -0.1) is 0 Å². The molecular formula is C12H6N2O5S. The number of non-ortho nitro benzene ring substituents is 2. The van der Waals surface area contributed by atoms with Gasteiger partial charge in [-0.3, -0.25) is 20.2 Å². The van der Waals surface area contributed by atoms with Crippen LogP contribution in [0.2, 0.25) is 0 Å². The molecule has 2 aromatic carbocycles. The van der Waals surface area contributed by atoms with E-state index < -0.39 is 20.6 Å². The van der Waals surface area contributed by atoms with Crippen LogP contribution in [0.25, 0.3) is 20.2 Å². The van der Waals surface area contributed by atoms with Crippen molar-refractivity contribution in [2.24, 2.45) is 0 Å². The number of nitrogens with zero attached hydrogens (tertiary/aromatic N) is 2. The molecule has 8 heteroatoms. The van der Waals surface area contributed by atoms with Gasteiger partial charge >= 0.3 is 0 Å². The zero-order valence-corrected chi connectivity index (χ0v) is 10.6. The number of fused-ring (bicyclic) bond motifs is 3. The summed E-state index contributed by atoms with van der Waals surface area (Å²) >= 11 is 0. The molecule has 3 rings (SSSR count). The molecule has 0 unspecified atom stereocenters. The highest BCUT2D eigenvalue weighted by Gasteiger charge is 2.21. The Bertz CT molecular complexity index is 815. The van der Waals surface area contributed by atoms with E-state index in [0.29, 0.717) is 20.2 Å². The smallest absolute Gasteiger partial charge is 0.274 e. The average molecular weight is 290 g/mol. The number of nitro groups is 2. The van der Waals surface area contributed by atoms with E-state index in [1.54, 1.807) is 0 Å². The maximum Gasteiger partial charge on any atom is 0.274 e. The Morgan fingerprint density at radius 2 is 1.20 bits per heavy atom. The van der Waals surface area contributed by atoms with Crippen molar-refractivity contribution >= 4 is 42.3 Å². The minimum atomic E-state index is -1.64. The first-order valence-corrected chi connectivity index (χ1v) is 6.63. The average Bonchev–Trinajstić information content (AvgIpc) is 2.71. The van der Waals surface area contributed by atoms with Crippen LogP contribution in [0.1, 0.15) is 0 Å². The van der Waals surface area contributed by atoms with Crippen molar-refractivity contribution in [3.05, 3.63) is 56.6 Å². The Morgan fingerprint density at radius 3 is 1.55 bits per heavy atom. The third-order valence-corrected chi connectivity index (χ3v) is 4.52. The van der Waals surface area contributed by atoms with E-state index in [2.05, 4.69) is 0 Å². The number of hydrogen-bond donors (Lipinski definition) is 0. The Labute approximate surface area is 114 Å². The molecule has 0 saturated heterocycles. The fraction of sp³-hybridized carbons (Fsp3) is 0. The normalized spacial score (nSPS) is 11.1. The van der Waals surface area contributed by atoms with Crippen LogP contribution in [0.15, 0.2) is 36.4 Å². The highest BCUT2D eigenvalue weighted by molar-refractivity contribution is 7.37. The summed E-state index contributed by atoms with van der Waals surface area (Å²) in [5.74, 6) is 0. The molecule has 1 aromatic heterocycles. The number of thiophene rings is 1. The van der Waals surface area contributed by atoms with Crippen LogP contribution in [-0.2, 0) is 0 Å². The van der Waals surface area contributed by atoms with E-state index >= 15 is 0 Å². The Morgan fingerprint density at radius 1 is 0.800 bits per heavy atom. The third kappa shape index (κ3) is 1.70. The first-order chi connectivity index (χ1) is 9.49. The number of benzene rings is 2. The van der Waals surface area contributed by atoms with Gasteiger partial charge in [0.15, 0.2) is 9.40 Å². The predicted molar refractivity (Wildman–Crippen MR) is 73.4 cm³/mol. The van der Waals surface area contributed by atoms with Gasteiger partial charge in [-0.1, -0.05) is 0 Å². The molecule has 3 aromatic rings. The molecule has 100 valence electrons. The van der Waals surface area contributed by atoms with E-state index in [1.165, 1.54) is 36.4 Å². The molecule has 0 N–H and O–H groups in total. The minimum absolute atomic E-state index is 0.153. The molecule has 0 radical (unpaired) electrons. The minimum Gasteiger partial charge on any atom is -0.590 e. The van der Waals surface area contributed by atoms with Crippen molar-refractivity contribution in [1.82, 2.24) is 0 Å². The highest BCUT2D eigenvalue weighted by Crippen LogP contribution is 2.42. The Balaban J connectivity index is 2.40. The summed E-state index contributed by atoms with van der Waals surface area (Å²) in [5, 5.41) is 22.7. The molecule has 1 heterocycles. The molecule has 0 spiro atoms. The van der Waals surface area contributed by atoms with Gasteiger partial charge in [0.2, 0.25) is 0 Å². The van der Waals surface area contributed by atoms with Gasteiger partial charge in [0.05, 0.1) is 22.0 Å². The van der Waals surface area contributed by atoms with Crippen LogP contribution in [0.5, 0.6) is 0 Å². The standard InChI is InChI=1S/C12H6N2O5S/c15-13(16)7-1-3-9-10-4-2-8(14(17)18)6-12(10)20(19)11(9)5-7/h1-6H. The van der Waals surface area contributed by atoms with Crippen LogP contribution in [0.4, 0.5) is 11.4 Å². The first-order valence-electron chi connectivity index (χ1n) is 5.48. The summed E-state index contributed by atoms with van der Waals surface area (Å²) in [6.45, 7) is 0. The van der Waals surface area contributed by atoms with Crippen molar-refractivity contribution in [2.75, 3.05) is 0 Å². The molecule has 0 fully saturated rings. The molecule has 7 nitrogen and oxygen atoms in total. The second-order valence-corrected chi connectivity index (χ2v) is 5.56. The monoisotopic (exact) mass is 290 g/mol. The van der Waals surface area contributed by atoms with Gasteiger partial charge < -0.3 is 4.55 Å². The predicted octanol–water partition coefficient (Wildman–Crippen LogP) is 3.54. The van der Waals surface area contributed by atoms with Crippen LogP contribution >= 0.6 is 10.8 Å². The quantitative estimate of drug-likeness (QED) is 0.407. The number of rotatable bonds is 2. The van der Waals surface area contributed by atoms with Gasteiger partial charge in [-0.25, -0.2) is 0 Å². The lowest BCUT2D eigenvalue weighted by molar-refractivity contribution is -0.384. The summed E-state index contributed by atoms with van der Waals surface area (Å²) < 4.78 is 12.9. The van der Waals surface area contributed by atoms with E-state index in [-0.39, 0.29) is 11.4 Å². The topological polar surface area (TPSA) is 109 Å². The summed E-state index contributed by atoms with van der Waals surface area (Å²) in [5.41, 5.74) is -0.307. The summed E-state index contributed by atoms with van der Waals surface area (Å²) in [6.07, 6.45) is 0. The molecule has 0 aliphatic heterocycles. The van der Waals surface area contributed by atoms with Gasteiger partial charge in [-0.2, -0.15) is 0 Å². The maximum absolute atomic E-state index is 12.3. The first kappa shape index (κ1) is 12.5. The summed E-state index contributed by atoms with van der Waals surface area (Å²) in [4.78, 5) is 20.3. The zero-order valence-electron chi connectivity index (χ0n) is 9.81. The molecule has 0 saturated carbocycles. The lowest BCUT2D eigenvalue weighted by Crippen LogP contribution is -1.86. The second-order valence-electron chi connectivity index (χ2n) is 4.14. The molecule has 0 bridgehead atoms. The maximum atomic E-state index is 12.3. The van der Waals surface area contributed by atoms with Crippen LogP contribution in [0, 0.1) is 20.2 Å². The lowest BCUT2D eigenvalue weighted by Gasteiger charge is -1.92. The Kier molecular flexibility index (Phi) is 2.63. The second kappa shape index (κ2) is 4.22. The number of nitro benzene ring substituents is 2. The molecule has 0 amide bonds. The van der Waals surface area contributed by atoms with Crippen molar-refractivity contribution in [3.8, 4) is 0 Å². The van der Waals surface area contributed by atoms with Crippen LogP contribution in [0.3, 0.4) is 0 Å². The molecular weight excluding hydrogens is 284 g/mol. The van der Waals surface area contributed by atoms with Gasteiger partial charge in [-0.05, 0) is 22.9 Å². The van der Waals surface area contributed by atoms with Gasteiger partial charge in [0.25, 0.3) is 11.4 Å². The van der Waals surface area contributed by atoms with Crippen molar-refractivity contribution in [2.45, 2.75) is 0 Å². The van der Waals surface area contributed by atoms with Crippen molar-refractivity contribution < 1.29 is 14.4 Å². The van der Waals surface area contributed by atoms with E-state index in [9.17, 15) is 24.8 Å². The largest absolute Gasteiger partial charge is 0.590 e. The van der Waals surface area contributed by atoms with Crippen molar-refractivity contribution in [3.63, 3.8) is 0 Å². The summed E-state index contributed by atoms with van der Waals surface area (Å²) in [6, 6.07) is 8.18. The zero-order chi connectivity index (χ0) is 14.4. The van der Waals surface area contributed by atoms with E-state index in [1.807, 2.05) is 0 Å². The molecule has 0 atom stereocenters. The van der Waals surface area contributed by atoms with Crippen molar-refractivity contribution in [1.29, 1.82) is 0 Å². The molecule has 0 aliphatic rings. The van der Waals surface area contributed by atoms with Gasteiger partial charge in [0.1, 0.15) is 0 Å². The van der Waals surface area contributed by atoms with Crippen LogP contribution < -0.4 is 0 Å². The lowest BCUT2D eigenvalue weighted by atomic mass is 10.1. The third-order valence-electron chi connectivity index (χ3n) is 3.04. The molecule has 0 aliphatic carbocycles. The SMILES string of the molecule is O=[N+]([O-])c1ccc2c3ccc([N+](=O)[O-])cc3[s+]([O-])c2c1. The van der Waals surface area contributed by atoms with Crippen LogP contribution in [-0.4, -0.2) is 14.4 Å². The highest BCUT2D eigenvalue weighted by atomic mass is 32.2.